The van der Waals surface area contributed by atoms with Gasteiger partial charge >= 0.3 is 0 Å². The Balaban J connectivity index is 1.67. The Bertz CT molecular complexity index is 1010. The molecule has 1 atom stereocenters. The van der Waals surface area contributed by atoms with Gasteiger partial charge in [-0.25, -0.2) is 5.43 Å². The van der Waals surface area contributed by atoms with Crippen LogP contribution in [0.3, 0.4) is 0 Å². The second-order valence-electron chi connectivity index (χ2n) is 6.92. The maximum absolute atomic E-state index is 12.4. The van der Waals surface area contributed by atoms with Crippen LogP contribution in [0, 0.1) is 13.8 Å². The van der Waals surface area contributed by atoms with Gasteiger partial charge in [0.1, 0.15) is 6.04 Å². The molecule has 0 aliphatic heterocycles. The summed E-state index contributed by atoms with van der Waals surface area (Å²) < 4.78 is 0. The van der Waals surface area contributed by atoms with Crippen LogP contribution in [0.15, 0.2) is 65.8 Å². The van der Waals surface area contributed by atoms with Gasteiger partial charge < -0.3 is 5.32 Å². The molecule has 0 heterocycles. The second kappa shape index (κ2) is 8.04. The standard InChI is InChI=1S/C23H25N3O/c1-15-9-12-22(16(2)13-15)24-18(4)23(27)26-25-17(3)20-11-10-19-7-5-6-8-21(19)14-20/h5-14,18,24H,1-4H3,(H,26,27). The third-order valence-electron chi connectivity index (χ3n) is 4.65. The average molecular weight is 359 g/mol. The van der Waals surface area contributed by atoms with Crippen LogP contribution in [0.5, 0.6) is 0 Å². The highest BCUT2D eigenvalue weighted by Crippen LogP contribution is 2.17. The van der Waals surface area contributed by atoms with E-state index in [0.29, 0.717) is 0 Å². The first-order chi connectivity index (χ1) is 12.9. The van der Waals surface area contributed by atoms with Crippen molar-refractivity contribution >= 4 is 28.1 Å². The van der Waals surface area contributed by atoms with E-state index in [4.69, 9.17) is 0 Å². The maximum Gasteiger partial charge on any atom is 0.262 e. The first-order valence-corrected chi connectivity index (χ1v) is 9.11. The number of carbonyl (C=O) groups is 1. The zero-order valence-electron chi connectivity index (χ0n) is 16.2. The van der Waals surface area contributed by atoms with Crippen molar-refractivity contribution in [2.75, 3.05) is 5.32 Å². The summed E-state index contributed by atoms with van der Waals surface area (Å²) in [6, 6.07) is 20.1. The van der Waals surface area contributed by atoms with Gasteiger partial charge in [0.2, 0.25) is 0 Å². The second-order valence-corrected chi connectivity index (χ2v) is 6.92. The molecule has 3 rings (SSSR count). The number of anilines is 1. The van der Waals surface area contributed by atoms with Gasteiger partial charge in [-0.05, 0) is 61.7 Å². The largest absolute Gasteiger partial charge is 0.374 e. The molecule has 0 radical (unpaired) electrons. The molecule has 2 N–H and O–H groups in total. The predicted molar refractivity (Wildman–Crippen MR) is 113 cm³/mol. The number of hydrazone groups is 1. The minimum atomic E-state index is -0.389. The minimum absolute atomic E-state index is 0.171. The van der Waals surface area contributed by atoms with Gasteiger partial charge in [-0.1, -0.05) is 54.1 Å². The lowest BCUT2D eigenvalue weighted by Gasteiger charge is -2.16. The Hall–Kier alpha value is -3.14. The van der Waals surface area contributed by atoms with Gasteiger partial charge in [-0.15, -0.1) is 0 Å². The summed E-state index contributed by atoms with van der Waals surface area (Å²) in [4.78, 5) is 12.4. The molecular weight excluding hydrogens is 334 g/mol. The number of nitrogens with zero attached hydrogens (tertiary/aromatic N) is 1. The van der Waals surface area contributed by atoms with E-state index in [1.807, 2.05) is 51.1 Å². The van der Waals surface area contributed by atoms with E-state index >= 15 is 0 Å². The number of fused-ring (bicyclic) bond motifs is 1. The number of aryl methyl sites for hydroxylation is 2. The smallest absolute Gasteiger partial charge is 0.262 e. The molecule has 4 heteroatoms. The Kier molecular flexibility index (Phi) is 5.55. The van der Waals surface area contributed by atoms with Gasteiger partial charge in [0.05, 0.1) is 5.71 Å². The fourth-order valence-electron chi connectivity index (χ4n) is 2.99. The third-order valence-corrected chi connectivity index (χ3v) is 4.65. The van der Waals surface area contributed by atoms with Crippen LogP contribution in [0.1, 0.15) is 30.5 Å². The summed E-state index contributed by atoms with van der Waals surface area (Å²) in [5.41, 5.74) is 7.70. The zero-order valence-corrected chi connectivity index (χ0v) is 16.2. The van der Waals surface area contributed by atoms with Crippen molar-refractivity contribution in [3.63, 3.8) is 0 Å². The van der Waals surface area contributed by atoms with Crippen molar-refractivity contribution in [2.24, 2.45) is 5.10 Å². The summed E-state index contributed by atoms with van der Waals surface area (Å²) >= 11 is 0. The highest BCUT2D eigenvalue weighted by molar-refractivity contribution is 6.02. The number of hydrogen-bond donors (Lipinski definition) is 2. The molecule has 0 bridgehead atoms. The van der Waals surface area contributed by atoms with Crippen LogP contribution in [0.4, 0.5) is 5.69 Å². The van der Waals surface area contributed by atoms with Crippen LogP contribution in [0.2, 0.25) is 0 Å². The molecule has 3 aromatic rings. The molecule has 0 fully saturated rings. The van der Waals surface area contributed by atoms with Gasteiger partial charge in [-0.3, -0.25) is 4.79 Å². The fraction of sp³-hybridized carbons (Fsp3) is 0.217. The quantitative estimate of drug-likeness (QED) is 0.508. The first-order valence-electron chi connectivity index (χ1n) is 9.11. The summed E-state index contributed by atoms with van der Waals surface area (Å²) in [7, 11) is 0. The van der Waals surface area contributed by atoms with Crippen molar-refractivity contribution in [2.45, 2.75) is 33.7 Å². The molecule has 4 nitrogen and oxygen atoms in total. The van der Waals surface area contributed by atoms with E-state index in [-0.39, 0.29) is 11.9 Å². The van der Waals surface area contributed by atoms with Crippen molar-refractivity contribution in [1.82, 2.24) is 5.43 Å². The lowest BCUT2D eigenvalue weighted by Crippen LogP contribution is -2.35. The molecule has 1 unspecified atom stereocenters. The topological polar surface area (TPSA) is 53.5 Å². The molecule has 0 aliphatic rings. The summed E-state index contributed by atoms with van der Waals surface area (Å²) in [6.07, 6.45) is 0. The zero-order chi connectivity index (χ0) is 19.4. The molecule has 0 saturated carbocycles. The van der Waals surface area contributed by atoms with Gasteiger partial charge in [0.15, 0.2) is 0 Å². The highest BCUT2D eigenvalue weighted by atomic mass is 16.2. The number of rotatable bonds is 5. The van der Waals surface area contributed by atoms with E-state index in [2.05, 4.69) is 53.1 Å². The van der Waals surface area contributed by atoms with E-state index in [9.17, 15) is 4.79 Å². The lowest BCUT2D eigenvalue weighted by atomic mass is 10.0. The Labute approximate surface area is 160 Å². The summed E-state index contributed by atoms with van der Waals surface area (Å²) in [6.45, 7) is 7.81. The molecule has 0 aliphatic carbocycles. The lowest BCUT2D eigenvalue weighted by molar-refractivity contribution is -0.121. The third kappa shape index (κ3) is 4.53. The van der Waals surface area contributed by atoms with Crippen LogP contribution < -0.4 is 10.7 Å². The van der Waals surface area contributed by atoms with Crippen molar-refractivity contribution in [3.8, 4) is 0 Å². The SMILES string of the molecule is CC(=NNC(=O)C(C)Nc1ccc(C)cc1C)c1ccc2ccccc2c1. The molecule has 0 aromatic heterocycles. The molecule has 0 saturated heterocycles. The number of hydrogen-bond acceptors (Lipinski definition) is 3. The number of carbonyl (C=O) groups excluding carboxylic acids is 1. The van der Waals surface area contributed by atoms with Crippen LogP contribution in [-0.2, 0) is 4.79 Å². The van der Waals surface area contributed by atoms with Gasteiger partial charge in [-0.2, -0.15) is 5.10 Å². The molecule has 138 valence electrons. The monoisotopic (exact) mass is 359 g/mol. The van der Waals surface area contributed by atoms with Crippen molar-refractivity contribution in [1.29, 1.82) is 0 Å². The van der Waals surface area contributed by atoms with Gasteiger partial charge in [0, 0.05) is 5.69 Å². The van der Waals surface area contributed by atoms with Crippen LogP contribution in [0.25, 0.3) is 10.8 Å². The van der Waals surface area contributed by atoms with Crippen LogP contribution in [-0.4, -0.2) is 17.7 Å². The van der Waals surface area contributed by atoms with Crippen molar-refractivity contribution in [3.05, 3.63) is 77.4 Å². The minimum Gasteiger partial charge on any atom is -0.374 e. The Morgan fingerprint density at radius 1 is 0.963 bits per heavy atom. The Morgan fingerprint density at radius 3 is 2.44 bits per heavy atom. The normalized spacial score (nSPS) is 12.7. The molecule has 27 heavy (non-hydrogen) atoms. The van der Waals surface area contributed by atoms with E-state index in [1.165, 1.54) is 10.9 Å². The first kappa shape index (κ1) is 18.6. The number of benzene rings is 3. The van der Waals surface area contributed by atoms with Crippen molar-refractivity contribution < 1.29 is 4.79 Å². The van der Waals surface area contributed by atoms with E-state index < -0.39 is 0 Å². The number of nitrogens with one attached hydrogen (secondary N) is 2. The maximum atomic E-state index is 12.4. The molecule has 3 aromatic carbocycles. The molecular formula is C23H25N3O. The molecule has 0 spiro atoms. The van der Waals surface area contributed by atoms with Crippen LogP contribution >= 0.6 is 0 Å². The van der Waals surface area contributed by atoms with E-state index in [0.717, 1.165) is 27.9 Å². The summed E-state index contributed by atoms with van der Waals surface area (Å²) in [5, 5.41) is 9.86. The summed E-state index contributed by atoms with van der Waals surface area (Å²) in [5.74, 6) is -0.171. The fourth-order valence-corrected chi connectivity index (χ4v) is 2.99. The molecule has 1 amide bonds. The van der Waals surface area contributed by atoms with Gasteiger partial charge in [0.25, 0.3) is 5.91 Å². The Morgan fingerprint density at radius 2 is 1.70 bits per heavy atom. The predicted octanol–water partition coefficient (Wildman–Crippen LogP) is 4.80. The average Bonchev–Trinajstić information content (AvgIpc) is 2.67. The van der Waals surface area contributed by atoms with E-state index in [1.54, 1.807) is 0 Å². The highest BCUT2D eigenvalue weighted by Gasteiger charge is 2.13. The number of amides is 1.